The maximum absolute atomic E-state index is 12.0. The van der Waals surface area contributed by atoms with E-state index in [0.717, 1.165) is 25.7 Å². The van der Waals surface area contributed by atoms with Crippen LogP contribution in [0.1, 0.15) is 53.4 Å². The van der Waals surface area contributed by atoms with Gasteiger partial charge in [-0.1, -0.05) is 27.2 Å². The Labute approximate surface area is 93.2 Å². The molecule has 0 aromatic rings. The van der Waals surface area contributed by atoms with E-state index < -0.39 is 0 Å². The monoisotopic (exact) mass is 212 g/mol. The summed E-state index contributed by atoms with van der Waals surface area (Å²) in [6.45, 7) is 8.45. The van der Waals surface area contributed by atoms with Gasteiger partial charge < -0.3 is 4.90 Å². The predicted octanol–water partition coefficient (Wildman–Crippen LogP) is 2.12. The minimum Gasteiger partial charge on any atom is -0.323 e. The first-order valence-electron chi connectivity index (χ1n) is 6.23. The molecule has 1 amide bonds. The molecule has 0 aliphatic carbocycles. The zero-order valence-electron chi connectivity index (χ0n) is 10.4. The van der Waals surface area contributed by atoms with Crippen molar-refractivity contribution in [2.24, 2.45) is 0 Å². The van der Waals surface area contributed by atoms with Crippen LogP contribution in [0.2, 0.25) is 0 Å². The zero-order valence-corrected chi connectivity index (χ0v) is 10.4. The SMILES string of the molecule is CCCC1NC(C)C(=O)N1C(CC)CC. The molecule has 0 aromatic heterocycles. The maximum atomic E-state index is 12.0. The van der Waals surface area contributed by atoms with Crippen LogP contribution in [-0.4, -0.2) is 29.1 Å². The van der Waals surface area contributed by atoms with E-state index in [1.807, 2.05) is 6.92 Å². The molecule has 15 heavy (non-hydrogen) atoms. The van der Waals surface area contributed by atoms with Crippen LogP contribution in [0.4, 0.5) is 0 Å². The number of hydrogen-bond donors (Lipinski definition) is 1. The lowest BCUT2D eigenvalue weighted by atomic mass is 10.1. The van der Waals surface area contributed by atoms with Crippen LogP contribution < -0.4 is 5.32 Å². The van der Waals surface area contributed by atoms with E-state index in [1.165, 1.54) is 0 Å². The number of carbonyl (C=O) groups excluding carboxylic acids is 1. The summed E-state index contributed by atoms with van der Waals surface area (Å²) in [5, 5.41) is 3.38. The number of nitrogens with one attached hydrogen (secondary N) is 1. The van der Waals surface area contributed by atoms with E-state index in [9.17, 15) is 4.79 Å². The highest BCUT2D eigenvalue weighted by atomic mass is 16.2. The van der Waals surface area contributed by atoms with Crippen molar-refractivity contribution in [2.45, 2.75) is 71.6 Å². The molecular weight excluding hydrogens is 188 g/mol. The van der Waals surface area contributed by atoms with Crippen molar-refractivity contribution >= 4 is 5.91 Å². The largest absolute Gasteiger partial charge is 0.323 e. The standard InChI is InChI=1S/C12H24N2O/c1-5-8-11-13-9(4)12(15)14(11)10(6-2)7-3/h9-11,13H,5-8H2,1-4H3. The lowest BCUT2D eigenvalue weighted by molar-refractivity contribution is -0.132. The maximum Gasteiger partial charge on any atom is 0.240 e. The molecule has 2 unspecified atom stereocenters. The average Bonchev–Trinajstić information content (AvgIpc) is 2.48. The van der Waals surface area contributed by atoms with Gasteiger partial charge >= 0.3 is 0 Å². The molecule has 1 saturated heterocycles. The molecule has 1 heterocycles. The number of hydrogen-bond acceptors (Lipinski definition) is 2. The molecule has 1 rings (SSSR count). The van der Waals surface area contributed by atoms with Gasteiger partial charge in [-0.15, -0.1) is 0 Å². The van der Waals surface area contributed by atoms with Gasteiger partial charge in [0, 0.05) is 6.04 Å². The van der Waals surface area contributed by atoms with Gasteiger partial charge in [-0.05, 0) is 26.2 Å². The quantitative estimate of drug-likeness (QED) is 0.757. The fourth-order valence-electron chi connectivity index (χ4n) is 2.43. The van der Waals surface area contributed by atoms with Gasteiger partial charge in [0.15, 0.2) is 0 Å². The molecule has 88 valence electrons. The van der Waals surface area contributed by atoms with E-state index >= 15 is 0 Å². The van der Waals surface area contributed by atoms with Crippen molar-refractivity contribution in [2.75, 3.05) is 0 Å². The second kappa shape index (κ2) is 5.50. The van der Waals surface area contributed by atoms with E-state index in [-0.39, 0.29) is 18.1 Å². The Hall–Kier alpha value is -0.570. The van der Waals surface area contributed by atoms with Crippen LogP contribution in [0.3, 0.4) is 0 Å². The molecule has 1 aliphatic rings. The highest BCUT2D eigenvalue weighted by Crippen LogP contribution is 2.21. The minimum atomic E-state index is 0.00199. The molecule has 0 spiro atoms. The lowest BCUT2D eigenvalue weighted by Gasteiger charge is -2.31. The summed E-state index contributed by atoms with van der Waals surface area (Å²) in [5.74, 6) is 0.280. The third-order valence-corrected chi connectivity index (χ3v) is 3.30. The van der Waals surface area contributed by atoms with Gasteiger partial charge in [-0.25, -0.2) is 0 Å². The second-order valence-corrected chi connectivity index (χ2v) is 4.41. The molecule has 1 aliphatic heterocycles. The highest BCUT2D eigenvalue weighted by Gasteiger charge is 2.38. The van der Waals surface area contributed by atoms with Crippen molar-refractivity contribution in [3.63, 3.8) is 0 Å². The van der Waals surface area contributed by atoms with Crippen molar-refractivity contribution in [1.29, 1.82) is 0 Å². The van der Waals surface area contributed by atoms with Gasteiger partial charge in [0.05, 0.1) is 12.2 Å². The normalized spacial score (nSPS) is 26.7. The van der Waals surface area contributed by atoms with Gasteiger partial charge in [-0.3, -0.25) is 10.1 Å². The summed E-state index contributed by atoms with van der Waals surface area (Å²) in [5.41, 5.74) is 0. The van der Waals surface area contributed by atoms with Crippen LogP contribution in [0, 0.1) is 0 Å². The molecule has 0 bridgehead atoms. The van der Waals surface area contributed by atoms with Crippen molar-refractivity contribution < 1.29 is 4.79 Å². The summed E-state index contributed by atoms with van der Waals surface area (Å²) < 4.78 is 0. The number of rotatable bonds is 5. The Morgan fingerprint density at radius 2 is 1.93 bits per heavy atom. The van der Waals surface area contributed by atoms with E-state index in [2.05, 4.69) is 31.0 Å². The third kappa shape index (κ3) is 2.51. The third-order valence-electron chi connectivity index (χ3n) is 3.30. The number of nitrogens with zero attached hydrogens (tertiary/aromatic N) is 1. The van der Waals surface area contributed by atoms with E-state index in [1.54, 1.807) is 0 Å². The van der Waals surface area contributed by atoms with Crippen LogP contribution in [-0.2, 0) is 4.79 Å². The zero-order chi connectivity index (χ0) is 11.4. The minimum absolute atomic E-state index is 0.00199. The van der Waals surface area contributed by atoms with Crippen LogP contribution >= 0.6 is 0 Å². The predicted molar refractivity (Wildman–Crippen MR) is 62.5 cm³/mol. The van der Waals surface area contributed by atoms with Crippen molar-refractivity contribution in [1.82, 2.24) is 10.2 Å². The molecule has 3 nitrogen and oxygen atoms in total. The first-order chi connectivity index (χ1) is 7.15. The van der Waals surface area contributed by atoms with Gasteiger partial charge in [-0.2, -0.15) is 0 Å². The van der Waals surface area contributed by atoms with Crippen LogP contribution in [0.25, 0.3) is 0 Å². The summed E-state index contributed by atoms with van der Waals surface area (Å²) >= 11 is 0. The Balaban J connectivity index is 2.75. The second-order valence-electron chi connectivity index (χ2n) is 4.41. The summed E-state index contributed by atoms with van der Waals surface area (Å²) in [6.07, 6.45) is 4.55. The summed E-state index contributed by atoms with van der Waals surface area (Å²) in [4.78, 5) is 14.1. The van der Waals surface area contributed by atoms with Crippen LogP contribution in [0.15, 0.2) is 0 Å². The molecule has 1 fully saturated rings. The molecule has 3 heteroatoms. The fourth-order valence-corrected chi connectivity index (χ4v) is 2.43. The molecule has 0 saturated carbocycles. The molecular formula is C12H24N2O. The van der Waals surface area contributed by atoms with Crippen LogP contribution in [0.5, 0.6) is 0 Å². The van der Waals surface area contributed by atoms with Crippen molar-refractivity contribution in [3.05, 3.63) is 0 Å². The van der Waals surface area contributed by atoms with Crippen molar-refractivity contribution in [3.8, 4) is 0 Å². The summed E-state index contributed by atoms with van der Waals surface area (Å²) in [7, 11) is 0. The van der Waals surface area contributed by atoms with Gasteiger partial charge in [0.1, 0.15) is 0 Å². The topological polar surface area (TPSA) is 32.3 Å². The Kier molecular flexibility index (Phi) is 4.58. The smallest absolute Gasteiger partial charge is 0.240 e. The molecule has 0 radical (unpaired) electrons. The average molecular weight is 212 g/mol. The Bertz CT molecular complexity index is 214. The first kappa shape index (κ1) is 12.5. The Morgan fingerprint density at radius 3 is 2.40 bits per heavy atom. The van der Waals surface area contributed by atoms with Gasteiger partial charge in [0.2, 0.25) is 5.91 Å². The highest BCUT2D eigenvalue weighted by molar-refractivity contribution is 5.84. The van der Waals surface area contributed by atoms with E-state index in [4.69, 9.17) is 0 Å². The molecule has 1 N–H and O–H groups in total. The molecule has 0 aromatic carbocycles. The first-order valence-corrected chi connectivity index (χ1v) is 6.23. The van der Waals surface area contributed by atoms with Gasteiger partial charge in [0.25, 0.3) is 0 Å². The number of carbonyl (C=O) groups is 1. The number of amides is 1. The molecule has 2 atom stereocenters. The fraction of sp³-hybridized carbons (Fsp3) is 0.917. The Morgan fingerprint density at radius 1 is 1.33 bits per heavy atom. The lowest BCUT2D eigenvalue weighted by Crippen LogP contribution is -2.44. The summed E-state index contributed by atoms with van der Waals surface area (Å²) in [6, 6.07) is 0.411. The van der Waals surface area contributed by atoms with E-state index in [0.29, 0.717) is 6.04 Å².